The number of halogens is 1. The predicted molar refractivity (Wildman–Crippen MR) is 109 cm³/mol. The maximum absolute atomic E-state index is 6.39. The fourth-order valence-corrected chi connectivity index (χ4v) is 5.16. The molecule has 3 aliphatic rings. The van der Waals surface area contributed by atoms with Crippen LogP contribution in [0.5, 0.6) is 5.75 Å². The largest absolute Gasteiger partial charge is 0.491 e. The van der Waals surface area contributed by atoms with Crippen LogP contribution in [-0.4, -0.2) is 46.9 Å². The van der Waals surface area contributed by atoms with Crippen LogP contribution in [0.3, 0.4) is 0 Å². The minimum Gasteiger partial charge on any atom is -0.491 e. The third-order valence-corrected chi connectivity index (χ3v) is 6.65. The fourth-order valence-electron chi connectivity index (χ4n) is 4.91. The summed E-state index contributed by atoms with van der Waals surface area (Å²) in [6.45, 7) is 3.66. The van der Waals surface area contributed by atoms with Crippen molar-refractivity contribution in [1.29, 1.82) is 0 Å². The van der Waals surface area contributed by atoms with Crippen LogP contribution in [0.1, 0.15) is 16.8 Å². The maximum Gasteiger partial charge on any atom is 0.157 e. The average molecular weight is 396 g/mol. The molecular formula is C21H22ClN5O. The topological polar surface area (TPSA) is 54.7 Å². The number of anilines is 1. The van der Waals surface area contributed by atoms with E-state index in [9.17, 15) is 0 Å². The van der Waals surface area contributed by atoms with Crippen LogP contribution in [-0.2, 0) is 19.3 Å². The molecule has 0 amide bonds. The second-order valence-electron chi connectivity index (χ2n) is 7.93. The zero-order valence-corrected chi connectivity index (χ0v) is 16.3. The summed E-state index contributed by atoms with van der Waals surface area (Å²) in [6.07, 6.45) is 4.75. The summed E-state index contributed by atoms with van der Waals surface area (Å²) in [5, 5.41) is 8.84. The number of aromatic nitrogens is 3. The Balaban J connectivity index is 1.45. The predicted octanol–water partition coefficient (Wildman–Crippen LogP) is 2.51. The first kappa shape index (κ1) is 16.6. The van der Waals surface area contributed by atoms with E-state index >= 15 is 0 Å². The molecule has 1 N–H and O–H groups in total. The van der Waals surface area contributed by atoms with E-state index in [-0.39, 0.29) is 0 Å². The number of para-hydroxylation sites is 1. The second kappa shape index (κ2) is 6.36. The monoisotopic (exact) mass is 395 g/mol. The van der Waals surface area contributed by atoms with Gasteiger partial charge in [0.05, 0.1) is 23.5 Å². The molecule has 1 saturated heterocycles. The molecule has 2 unspecified atom stereocenters. The van der Waals surface area contributed by atoms with E-state index in [0.29, 0.717) is 17.0 Å². The Hall–Kier alpha value is -2.31. The Morgan fingerprint density at radius 2 is 2.11 bits per heavy atom. The lowest BCUT2D eigenvalue weighted by Crippen LogP contribution is -2.59. The molecule has 7 heteroatoms. The summed E-state index contributed by atoms with van der Waals surface area (Å²) in [6, 6.07) is 8.47. The van der Waals surface area contributed by atoms with Crippen molar-refractivity contribution in [3.63, 3.8) is 0 Å². The lowest BCUT2D eigenvalue weighted by Gasteiger charge is -2.49. The molecule has 6 nitrogen and oxygen atoms in total. The zero-order chi connectivity index (χ0) is 18.7. The Morgan fingerprint density at radius 1 is 1.18 bits per heavy atom. The van der Waals surface area contributed by atoms with Crippen molar-refractivity contribution in [3.8, 4) is 5.75 Å². The molecule has 0 spiro atoms. The SMILES string of the molecule is Clc1cccc2c1OCC1CN(c3c4c(nc5ccnn35)CCNCC4)C1C2. The van der Waals surface area contributed by atoms with Crippen LogP contribution in [0.15, 0.2) is 30.5 Å². The zero-order valence-electron chi connectivity index (χ0n) is 15.6. The van der Waals surface area contributed by atoms with Crippen molar-refractivity contribution >= 4 is 23.1 Å². The summed E-state index contributed by atoms with van der Waals surface area (Å²) < 4.78 is 8.13. The quantitative estimate of drug-likeness (QED) is 0.686. The highest BCUT2D eigenvalue weighted by Gasteiger charge is 2.44. The Kier molecular flexibility index (Phi) is 3.77. The first-order valence-corrected chi connectivity index (χ1v) is 10.4. The Labute approximate surface area is 168 Å². The molecule has 1 fully saturated rings. The van der Waals surface area contributed by atoms with Gasteiger partial charge in [-0.2, -0.15) is 9.61 Å². The number of nitrogens with zero attached hydrogens (tertiary/aromatic N) is 4. The van der Waals surface area contributed by atoms with Gasteiger partial charge in [-0.1, -0.05) is 23.7 Å². The highest BCUT2D eigenvalue weighted by Crippen LogP contribution is 2.42. The molecule has 28 heavy (non-hydrogen) atoms. The van der Waals surface area contributed by atoms with Crippen LogP contribution in [0.2, 0.25) is 5.02 Å². The van der Waals surface area contributed by atoms with E-state index in [1.807, 2.05) is 28.9 Å². The molecular weight excluding hydrogens is 374 g/mol. The van der Waals surface area contributed by atoms with Crippen molar-refractivity contribution in [3.05, 3.63) is 52.3 Å². The second-order valence-corrected chi connectivity index (χ2v) is 8.34. The molecule has 0 aliphatic carbocycles. The molecule has 0 saturated carbocycles. The highest BCUT2D eigenvalue weighted by molar-refractivity contribution is 6.32. The smallest absolute Gasteiger partial charge is 0.157 e. The molecule has 0 bridgehead atoms. The van der Waals surface area contributed by atoms with Gasteiger partial charge in [-0.3, -0.25) is 0 Å². The van der Waals surface area contributed by atoms with Gasteiger partial charge < -0.3 is 15.0 Å². The number of rotatable bonds is 1. The Bertz CT molecular complexity index is 1060. The highest BCUT2D eigenvalue weighted by atomic mass is 35.5. The lowest BCUT2D eigenvalue weighted by molar-refractivity contribution is 0.187. The summed E-state index contributed by atoms with van der Waals surface area (Å²) in [4.78, 5) is 7.42. The van der Waals surface area contributed by atoms with Gasteiger partial charge in [0.25, 0.3) is 0 Å². The summed E-state index contributed by atoms with van der Waals surface area (Å²) in [7, 11) is 0. The van der Waals surface area contributed by atoms with E-state index in [1.54, 1.807) is 0 Å². The van der Waals surface area contributed by atoms with Crippen LogP contribution in [0, 0.1) is 5.92 Å². The number of benzene rings is 1. The summed E-state index contributed by atoms with van der Waals surface area (Å²) in [5.74, 6) is 2.59. The van der Waals surface area contributed by atoms with Gasteiger partial charge in [0, 0.05) is 43.1 Å². The first-order valence-electron chi connectivity index (χ1n) is 10.0. The Morgan fingerprint density at radius 3 is 3.07 bits per heavy atom. The molecule has 1 aromatic carbocycles. The molecule has 144 valence electrons. The third kappa shape index (κ3) is 2.44. The average Bonchev–Trinajstić information content (AvgIpc) is 2.94. The maximum atomic E-state index is 6.39. The van der Waals surface area contributed by atoms with Crippen molar-refractivity contribution in [1.82, 2.24) is 19.9 Å². The number of hydrogen-bond donors (Lipinski definition) is 1. The molecule has 3 aliphatic heterocycles. The number of nitrogens with one attached hydrogen (secondary N) is 1. The third-order valence-electron chi connectivity index (χ3n) is 6.35. The number of hydrogen-bond acceptors (Lipinski definition) is 5. The lowest BCUT2D eigenvalue weighted by atomic mass is 9.84. The minimum atomic E-state index is 0.398. The van der Waals surface area contributed by atoms with Gasteiger partial charge in [0.2, 0.25) is 0 Å². The molecule has 6 rings (SSSR count). The fraction of sp³-hybridized carbons (Fsp3) is 0.429. The van der Waals surface area contributed by atoms with E-state index in [0.717, 1.165) is 56.9 Å². The van der Waals surface area contributed by atoms with Crippen LogP contribution in [0.4, 0.5) is 5.82 Å². The van der Waals surface area contributed by atoms with E-state index in [1.165, 1.54) is 22.6 Å². The van der Waals surface area contributed by atoms with Crippen molar-refractivity contribution in [2.75, 3.05) is 31.1 Å². The summed E-state index contributed by atoms with van der Waals surface area (Å²) in [5.41, 5.74) is 4.69. The van der Waals surface area contributed by atoms with Gasteiger partial charge in [-0.25, -0.2) is 4.98 Å². The molecule has 2 atom stereocenters. The van der Waals surface area contributed by atoms with Crippen molar-refractivity contribution in [2.45, 2.75) is 25.3 Å². The standard InChI is InChI=1S/C21H22ClN5O/c22-16-3-1-2-13-10-18-14(12-28-20(13)16)11-26(18)21-15-4-7-23-8-5-17(15)25-19-6-9-24-27(19)21/h1-3,6,9,14,18,23H,4-5,7-8,10-12H2. The van der Waals surface area contributed by atoms with E-state index in [4.69, 9.17) is 21.3 Å². The van der Waals surface area contributed by atoms with Crippen molar-refractivity contribution < 1.29 is 4.74 Å². The van der Waals surface area contributed by atoms with Crippen LogP contribution < -0.4 is 15.0 Å². The first-order chi connectivity index (χ1) is 13.8. The van der Waals surface area contributed by atoms with E-state index < -0.39 is 0 Å². The molecule has 5 heterocycles. The normalized spacial score (nSPS) is 23.7. The van der Waals surface area contributed by atoms with Gasteiger partial charge in [-0.15, -0.1) is 0 Å². The minimum absolute atomic E-state index is 0.398. The molecule has 3 aromatic rings. The van der Waals surface area contributed by atoms with Gasteiger partial charge in [-0.05, 0) is 31.0 Å². The van der Waals surface area contributed by atoms with Gasteiger partial charge in [0.1, 0.15) is 11.6 Å². The summed E-state index contributed by atoms with van der Waals surface area (Å²) >= 11 is 6.39. The number of fused-ring (bicyclic) bond motifs is 4. The molecule has 2 aromatic heterocycles. The van der Waals surface area contributed by atoms with Gasteiger partial charge >= 0.3 is 0 Å². The van der Waals surface area contributed by atoms with Crippen LogP contribution in [0.25, 0.3) is 5.65 Å². The number of ether oxygens (including phenoxy) is 1. The van der Waals surface area contributed by atoms with E-state index in [2.05, 4.69) is 21.4 Å². The van der Waals surface area contributed by atoms with Crippen LogP contribution >= 0.6 is 11.6 Å². The van der Waals surface area contributed by atoms with Crippen molar-refractivity contribution in [2.24, 2.45) is 5.92 Å². The molecule has 0 radical (unpaired) electrons. The van der Waals surface area contributed by atoms with Gasteiger partial charge in [0.15, 0.2) is 5.65 Å².